The van der Waals surface area contributed by atoms with Crippen molar-refractivity contribution in [2.75, 3.05) is 6.61 Å². The summed E-state index contributed by atoms with van der Waals surface area (Å²) in [6.45, 7) is 1.62. The number of esters is 1. The number of ether oxygens (including phenoxy) is 1. The van der Waals surface area contributed by atoms with Crippen LogP contribution in [0.5, 0.6) is 0 Å². The van der Waals surface area contributed by atoms with E-state index in [1.807, 2.05) is 0 Å². The maximum atomic E-state index is 13.4. The molecular weight excluding hydrogens is 242 g/mol. The summed E-state index contributed by atoms with van der Waals surface area (Å²) >= 11 is 0. The minimum Gasteiger partial charge on any atom is -0.466 e. The van der Waals surface area contributed by atoms with E-state index in [0.717, 1.165) is 6.20 Å². The predicted molar refractivity (Wildman–Crippen MR) is 49.5 cm³/mol. The Balaban J connectivity index is 2.99. The van der Waals surface area contributed by atoms with Gasteiger partial charge >= 0.3 is 12.1 Å². The molecule has 0 amide bonds. The van der Waals surface area contributed by atoms with E-state index >= 15 is 0 Å². The van der Waals surface area contributed by atoms with Crippen molar-refractivity contribution < 1.29 is 27.1 Å². The maximum Gasteiger partial charge on any atom is 0.420 e. The highest BCUT2D eigenvalue weighted by molar-refractivity contribution is 5.72. The normalized spacial score (nSPS) is 11.4. The molecule has 17 heavy (non-hydrogen) atoms. The third-order valence-corrected chi connectivity index (χ3v) is 1.90. The van der Waals surface area contributed by atoms with Crippen molar-refractivity contribution in [3.05, 3.63) is 29.3 Å². The molecule has 0 aromatic carbocycles. The lowest BCUT2D eigenvalue weighted by atomic mass is 10.1. The highest BCUT2D eigenvalue weighted by Crippen LogP contribution is 2.31. The minimum absolute atomic E-state index is 0.0762. The summed E-state index contributed by atoms with van der Waals surface area (Å²) < 4.78 is 54.9. The van der Waals surface area contributed by atoms with Crippen molar-refractivity contribution in [1.29, 1.82) is 0 Å². The highest BCUT2D eigenvalue weighted by atomic mass is 19.4. The van der Waals surface area contributed by atoms with Crippen LogP contribution in [0, 0.1) is 5.82 Å². The van der Waals surface area contributed by atoms with E-state index in [2.05, 4.69) is 9.72 Å². The van der Waals surface area contributed by atoms with Crippen molar-refractivity contribution in [3.63, 3.8) is 0 Å². The molecule has 0 aliphatic heterocycles. The van der Waals surface area contributed by atoms with E-state index < -0.39 is 35.5 Å². The highest BCUT2D eigenvalue weighted by Gasteiger charge is 2.35. The smallest absolute Gasteiger partial charge is 0.420 e. The summed E-state index contributed by atoms with van der Waals surface area (Å²) in [4.78, 5) is 14.3. The SMILES string of the molecule is CCOC(=O)Cc1cncc(C(F)(F)F)c1F. The molecule has 0 saturated carbocycles. The summed E-state index contributed by atoms with van der Waals surface area (Å²) in [5.41, 5.74) is -1.92. The second kappa shape index (κ2) is 5.11. The second-order valence-electron chi connectivity index (χ2n) is 3.14. The lowest BCUT2D eigenvalue weighted by Crippen LogP contribution is -2.14. The average Bonchev–Trinajstić information content (AvgIpc) is 2.19. The van der Waals surface area contributed by atoms with Crippen LogP contribution in [0.15, 0.2) is 12.4 Å². The van der Waals surface area contributed by atoms with Crippen molar-refractivity contribution in [2.24, 2.45) is 0 Å². The first-order valence-corrected chi connectivity index (χ1v) is 4.71. The Labute approximate surface area is 94.4 Å². The number of hydrogen-bond acceptors (Lipinski definition) is 3. The van der Waals surface area contributed by atoms with Crippen molar-refractivity contribution in [3.8, 4) is 0 Å². The molecule has 0 atom stereocenters. The average molecular weight is 251 g/mol. The van der Waals surface area contributed by atoms with E-state index in [-0.39, 0.29) is 6.61 Å². The zero-order chi connectivity index (χ0) is 13.1. The molecule has 1 aromatic heterocycles. The van der Waals surface area contributed by atoms with E-state index in [4.69, 9.17) is 0 Å². The van der Waals surface area contributed by atoms with Crippen LogP contribution in [0.1, 0.15) is 18.1 Å². The van der Waals surface area contributed by atoms with Gasteiger partial charge in [-0.15, -0.1) is 0 Å². The van der Waals surface area contributed by atoms with Gasteiger partial charge in [-0.25, -0.2) is 4.39 Å². The Morgan fingerprint density at radius 1 is 1.41 bits per heavy atom. The zero-order valence-corrected chi connectivity index (χ0v) is 8.84. The number of rotatable bonds is 3. The predicted octanol–water partition coefficient (Wildman–Crippen LogP) is 2.35. The van der Waals surface area contributed by atoms with E-state index in [0.29, 0.717) is 6.20 Å². The van der Waals surface area contributed by atoms with Gasteiger partial charge in [0.1, 0.15) is 11.4 Å². The summed E-state index contributed by atoms with van der Waals surface area (Å²) in [6.07, 6.45) is -4.15. The third kappa shape index (κ3) is 3.40. The number of halogens is 4. The lowest BCUT2D eigenvalue weighted by molar-refractivity contribution is -0.143. The Kier molecular flexibility index (Phi) is 4.03. The molecule has 0 bridgehead atoms. The van der Waals surface area contributed by atoms with Crippen LogP contribution in [0.25, 0.3) is 0 Å². The molecule has 0 fully saturated rings. The first kappa shape index (κ1) is 13.4. The molecule has 1 heterocycles. The Morgan fingerprint density at radius 2 is 2.06 bits per heavy atom. The monoisotopic (exact) mass is 251 g/mol. The van der Waals surface area contributed by atoms with Gasteiger partial charge in [0.15, 0.2) is 0 Å². The number of hydrogen-bond donors (Lipinski definition) is 0. The van der Waals surface area contributed by atoms with Crippen molar-refractivity contribution >= 4 is 5.97 Å². The first-order chi connectivity index (χ1) is 7.86. The molecule has 0 spiro atoms. The first-order valence-electron chi connectivity index (χ1n) is 4.71. The van der Waals surface area contributed by atoms with E-state index in [1.54, 1.807) is 6.92 Å². The molecule has 0 radical (unpaired) electrons. The molecule has 0 N–H and O–H groups in total. The van der Waals surface area contributed by atoms with Gasteiger partial charge in [0, 0.05) is 18.0 Å². The van der Waals surface area contributed by atoms with Gasteiger partial charge < -0.3 is 4.74 Å². The van der Waals surface area contributed by atoms with Crippen LogP contribution in [-0.4, -0.2) is 17.6 Å². The van der Waals surface area contributed by atoms with E-state index in [1.165, 1.54) is 0 Å². The van der Waals surface area contributed by atoms with Crippen LogP contribution in [0.4, 0.5) is 17.6 Å². The number of carbonyl (C=O) groups is 1. The van der Waals surface area contributed by atoms with E-state index in [9.17, 15) is 22.4 Å². The number of carbonyl (C=O) groups excluding carboxylic acids is 1. The van der Waals surface area contributed by atoms with Gasteiger partial charge in [-0.2, -0.15) is 13.2 Å². The topological polar surface area (TPSA) is 39.2 Å². The van der Waals surface area contributed by atoms with Gasteiger partial charge in [-0.3, -0.25) is 9.78 Å². The summed E-state index contributed by atoms with van der Waals surface area (Å²) in [5.74, 6) is -2.28. The fourth-order valence-corrected chi connectivity index (χ4v) is 1.18. The maximum absolute atomic E-state index is 13.4. The Morgan fingerprint density at radius 3 is 2.59 bits per heavy atom. The van der Waals surface area contributed by atoms with Crippen LogP contribution in [0.3, 0.4) is 0 Å². The third-order valence-electron chi connectivity index (χ3n) is 1.90. The van der Waals surface area contributed by atoms with Crippen LogP contribution in [-0.2, 0) is 22.1 Å². The van der Waals surface area contributed by atoms with Gasteiger partial charge in [0.05, 0.1) is 13.0 Å². The fraction of sp³-hybridized carbons (Fsp3) is 0.400. The second-order valence-corrected chi connectivity index (χ2v) is 3.14. The minimum atomic E-state index is -4.83. The molecule has 3 nitrogen and oxygen atoms in total. The molecule has 94 valence electrons. The van der Waals surface area contributed by atoms with Gasteiger partial charge in [0.2, 0.25) is 0 Å². The number of nitrogens with zero attached hydrogens (tertiary/aromatic N) is 1. The Hall–Kier alpha value is -1.66. The number of alkyl halides is 3. The molecule has 1 rings (SSSR count). The van der Waals surface area contributed by atoms with Crippen LogP contribution in [0.2, 0.25) is 0 Å². The molecule has 0 unspecified atom stereocenters. The summed E-state index contributed by atoms with van der Waals surface area (Å²) in [6, 6.07) is 0. The molecule has 1 aromatic rings. The van der Waals surface area contributed by atoms with Crippen molar-refractivity contribution in [2.45, 2.75) is 19.5 Å². The largest absolute Gasteiger partial charge is 0.466 e. The number of pyridine rings is 1. The summed E-state index contributed by atoms with van der Waals surface area (Å²) in [7, 11) is 0. The number of aromatic nitrogens is 1. The molecule has 0 aliphatic carbocycles. The Bertz CT molecular complexity index is 417. The standard InChI is InChI=1S/C10H9F4NO2/c1-2-17-8(16)3-6-4-15-5-7(9(6)11)10(12,13)14/h4-5H,2-3H2,1H3. The molecule has 0 aliphatic rings. The lowest BCUT2D eigenvalue weighted by Gasteiger charge is -2.10. The van der Waals surface area contributed by atoms with Gasteiger partial charge in [0.25, 0.3) is 0 Å². The quantitative estimate of drug-likeness (QED) is 0.611. The zero-order valence-electron chi connectivity index (χ0n) is 8.84. The van der Waals surface area contributed by atoms with Gasteiger partial charge in [-0.05, 0) is 6.92 Å². The van der Waals surface area contributed by atoms with Crippen LogP contribution < -0.4 is 0 Å². The van der Waals surface area contributed by atoms with Crippen LogP contribution >= 0.6 is 0 Å². The van der Waals surface area contributed by atoms with Gasteiger partial charge in [-0.1, -0.05) is 0 Å². The van der Waals surface area contributed by atoms with Crippen molar-refractivity contribution in [1.82, 2.24) is 4.98 Å². The fourth-order valence-electron chi connectivity index (χ4n) is 1.18. The summed E-state index contributed by atoms with van der Waals surface area (Å²) in [5, 5.41) is 0. The molecular formula is C10H9F4NO2. The molecule has 0 saturated heterocycles. The molecule has 7 heteroatoms.